The molecule has 3 rings (SSSR count). The van der Waals surface area contributed by atoms with Gasteiger partial charge in [0.2, 0.25) is 5.91 Å². The van der Waals surface area contributed by atoms with E-state index in [0.717, 1.165) is 22.4 Å². The number of carbonyl (C=O) groups is 1. The average molecular weight is 335 g/mol. The summed E-state index contributed by atoms with van der Waals surface area (Å²) in [7, 11) is 0. The van der Waals surface area contributed by atoms with Gasteiger partial charge in [-0.3, -0.25) is 4.79 Å². The van der Waals surface area contributed by atoms with Crippen molar-refractivity contribution in [1.29, 1.82) is 0 Å². The Hall–Kier alpha value is -1.36. The van der Waals surface area contributed by atoms with E-state index >= 15 is 0 Å². The molecule has 1 N–H and O–H groups in total. The molecule has 1 amide bonds. The molecule has 0 aliphatic carbocycles. The van der Waals surface area contributed by atoms with Crippen LogP contribution in [0.2, 0.25) is 0 Å². The van der Waals surface area contributed by atoms with Gasteiger partial charge in [-0.25, -0.2) is 0 Å². The van der Waals surface area contributed by atoms with Crippen LogP contribution in [0.25, 0.3) is 11.1 Å². The van der Waals surface area contributed by atoms with E-state index in [-0.39, 0.29) is 9.83 Å². The van der Waals surface area contributed by atoms with Crippen LogP contribution in [0.5, 0.6) is 0 Å². The Balaban J connectivity index is 2.33. The van der Waals surface area contributed by atoms with Crippen LogP contribution in [-0.2, 0) is 4.79 Å². The van der Waals surface area contributed by atoms with Gasteiger partial charge >= 0.3 is 0 Å². The molecule has 0 bridgehead atoms. The molecule has 2 nitrogen and oxygen atoms in total. The van der Waals surface area contributed by atoms with Crippen LogP contribution in [0.4, 0.5) is 5.69 Å². The predicted octanol–water partition coefficient (Wildman–Crippen LogP) is 3.78. The Bertz CT molecular complexity index is 594. The first-order valence-corrected chi connectivity index (χ1v) is 6.65. The molecule has 1 aliphatic heterocycles. The van der Waals surface area contributed by atoms with Crippen LogP contribution in [0, 0.1) is 0 Å². The SMILES string of the molecule is O=C1Nc2ccccc2-c2ccccc2[C@H]1I. The zero-order valence-corrected chi connectivity index (χ0v) is 11.1. The van der Waals surface area contributed by atoms with Crippen molar-refractivity contribution in [2.24, 2.45) is 0 Å². The number of carbonyl (C=O) groups excluding carboxylic acids is 1. The minimum absolute atomic E-state index is 0.0444. The number of amides is 1. The third-order valence-corrected chi connectivity index (χ3v) is 4.18. The quantitative estimate of drug-likeness (QED) is 0.576. The molecule has 2 aromatic carbocycles. The summed E-state index contributed by atoms with van der Waals surface area (Å²) in [6.07, 6.45) is 0. The summed E-state index contributed by atoms with van der Waals surface area (Å²) in [6, 6.07) is 16.0. The highest BCUT2D eigenvalue weighted by atomic mass is 127. The number of anilines is 1. The molecule has 1 aliphatic rings. The monoisotopic (exact) mass is 335 g/mol. The van der Waals surface area contributed by atoms with Crippen molar-refractivity contribution in [2.45, 2.75) is 3.92 Å². The first-order valence-electron chi connectivity index (χ1n) is 5.40. The fourth-order valence-corrected chi connectivity index (χ4v) is 2.83. The van der Waals surface area contributed by atoms with E-state index in [9.17, 15) is 4.79 Å². The van der Waals surface area contributed by atoms with Crippen molar-refractivity contribution in [3.05, 3.63) is 54.1 Å². The molecule has 0 radical (unpaired) electrons. The molecule has 84 valence electrons. The molecule has 17 heavy (non-hydrogen) atoms. The molecular weight excluding hydrogens is 325 g/mol. The number of alkyl halides is 1. The lowest BCUT2D eigenvalue weighted by atomic mass is 9.98. The Morgan fingerprint density at radius 1 is 0.941 bits per heavy atom. The summed E-state index contributed by atoms with van der Waals surface area (Å²) in [5.74, 6) is 0.0444. The number of para-hydroxylation sites is 1. The minimum atomic E-state index is -0.142. The van der Waals surface area contributed by atoms with E-state index < -0.39 is 0 Å². The molecule has 0 saturated heterocycles. The van der Waals surface area contributed by atoms with Gasteiger partial charge in [0.25, 0.3) is 0 Å². The van der Waals surface area contributed by atoms with Crippen LogP contribution in [0.1, 0.15) is 9.49 Å². The van der Waals surface area contributed by atoms with Gasteiger partial charge in [0, 0.05) is 11.3 Å². The molecular formula is C14H10INO. The number of rotatable bonds is 0. The van der Waals surface area contributed by atoms with E-state index in [0.29, 0.717) is 0 Å². The smallest absolute Gasteiger partial charge is 0.241 e. The van der Waals surface area contributed by atoms with Crippen molar-refractivity contribution in [3.63, 3.8) is 0 Å². The Labute approximate surface area is 113 Å². The summed E-state index contributed by atoms with van der Waals surface area (Å²) in [5.41, 5.74) is 4.20. The highest BCUT2D eigenvalue weighted by Crippen LogP contribution is 2.40. The van der Waals surface area contributed by atoms with Gasteiger partial charge in [-0.2, -0.15) is 0 Å². The van der Waals surface area contributed by atoms with E-state index in [4.69, 9.17) is 0 Å². The molecule has 1 heterocycles. The van der Waals surface area contributed by atoms with Crippen LogP contribution in [0.3, 0.4) is 0 Å². The fourth-order valence-electron chi connectivity index (χ4n) is 2.13. The third kappa shape index (κ3) is 1.74. The van der Waals surface area contributed by atoms with Gasteiger partial charge in [0.1, 0.15) is 3.92 Å². The second kappa shape index (κ2) is 4.14. The Morgan fingerprint density at radius 2 is 1.59 bits per heavy atom. The van der Waals surface area contributed by atoms with E-state index in [1.165, 1.54) is 0 Å². The van der Waals surface area contributed by atoms with E-state index in [1.54, 1.807) is 0 Å². The molecule has 3 heteroatoms. The molecule has 2 aromatic rings. The normalized spacial score (nSPS) is 17.7. The van der Waals surface area contributed by atoms with Gasteiger partial charge in [0.15, 0.2) is 0 Å². The summed E-state index contributed by atoms with van der Waals surface area (Å²) in [5, 5.41) is 2.97. The topological polar surface area (TPSA) is 29.1 Å². The standard InChI is InChI=1S/C14H10INO/c15-13-11-7-2-1-5-9(11)10-6-3-4-8-12(10)16-14(13)17/h1-8,13H,(H,16,17)/t13-/m1/s1. The van der Waals surface area contributed by atoms with Gasteiger partial charge in [-0.05, 0) is 17.2 Å². The van der Waals surface area contributed by atoms with Crippen LogP contribution in [-0.4, -0.2) is 5.91 Å². The van der Waals surface area contributed by atoms with Crippen molar-refractivity contribution >= 4 is 34.2 Å². The van der Waals surface area contributed by atoms with Crippen LogP contribution in [0.15, 0.2) is 48.5 Å². The molecule has 0 spiro atoms. The van der Waals surface area contributed by atoms with Crippen molar-refractivity contribution in [1.82, 2.24) is 0 Å². The number of halogens is 1. The first kappa shape index (κ1) is 10.8. The lowest BCUT2D eigenvalue weighted by molar-refractivity contribution is -0.115. The highest BCUT2D eigenvalue weighted by Gasteiger charge is 2.25. The lowest BCUT2D eigenvalue weighted by Gasteiger charge is -2.09. The maximum Gasteiger partial charge on any atom is 0.241 e. The maximum absolute atomic E-state index is 12.0. The van der Waals surface area contributed by atoms with E-state index in [1.807, 2.05) is 42.5 Å². The molecule has 1 atom stereocenters. The molecule has 0 saturated carbocycles. The van der Waals surface area contributed by atoms with Crippen molar-refractivity contribution < 1.29 is 4.79 Å². The average Bonchev–Trinajstić information content (AvgIpc) is 2.48. The number of fused-ring (bicyclic) bond motifs is 3. The van der Waals surface area contributed by atoms with Crippen molar-refractivity contribution in [3.8, 4) is 11.1 Å². The second-order valence-corrected chi connectivity index (χ2v) is 5.23. The van der Waals surface area contributed by atoms with Crippen LogP contribution < -0.4 is 5.32 Å². The zero-order valence-electron chi connectivity index (χ0n) is 8.98. The fraction of sp³-hybridized carbons (Fsp3) is 0.0714. The number of hydrogen-bond acceptors (Lipinski definition) is 1. The Kier molecular flexibility index (Phi) is 2.63. The number of hydrogen-bond donors (Lipinski definition) is 1. The minimum Gasteiger partial charge on any atom is -0.324 e. The molecule has 0 aromatic heterocycles. The third-order valence-electron chi connectivity index (χ3n) is 2.94. The van der Waals surface area contributed by atoms with Crippen molar-refractivity contribution in [2.75, 3.05) is 5.32 Å². The second-order valence-electron chi connectivity index (χ2n) is 3.98. The van der Waals surface area contributed by atoms with Gasteiger partial charge < -0.3 is 5.32 Å². The summed E-state index contributed by atoms with van der Waals surface area (Å²) >= 11 is 2.19. The molecule has 0 fully saturated rings. The molecule has 0 unspecified atom stereocenters. The van der Waals surface area contributed by atoms with Gasteiger partial charge in [0.05, 0.1) is 0 Å². The number of benzene rings is 2. The Morgan fingerprint density at radius 3 is 2.41 bits per heavy atom. The summed E-state index contributed by atoms with van der Waals surface area (Å²) < 4.78 is -0.142. The van der Waals surface area contributed by atoms with E-state index in [2.05, 4.69) is 34.0 Å². The summed E-state index contributed by atoms with van der Waals surface area (Å²) in [6.45, 7) is 0. The maximum atomic E-state index is 12.0. The largest absolute Gasteiger partial charge is 0.324 e. The van der Waals surface area contributed by atoms with Crippen LogP contribution >= 0.6 is 22.6 Å². The predicted molar refractivity (Wildman–Crippen MR) is 77.3 cm³/mol. The van der Waals surface area contributed by atoms with Gasteiger partial charge in [-0.15, -0.1) is 0 Å². The number of nitrogens with one attached hydrogen (secondary N) is 1. The van der Waals surface area contributed by atoms with Gasteiger partial charge in [-0.1, -0.05) is 65.1 Å². The highest BCUT2D eigenvalue weighted by molar-refractivity contribution is 14.1. The first-order chi connectivity index (χ1) is 8.27. The summed E-state index contributed by atoms with van der Waals surface area (Å²) in [4.78, 5) is 12.0. The lowest BCUT2D eigenvalue weighted by Crippen LogP contribution is -2.15. The zero-order chi connectivity index (χ0) is 11.8.